The van der Waals surface area contributed by atoms with E-state index in [-0.39, 0.29) is 4.90 Å². The summed E-state index contributed by atoms with van der Waals surface area (Å²) in [6.45, 7) is 3.78. The highest BCUT2D eigenvalue weighted by molar-refractivity contribution is 7.89. The minimum Gasteiger partial charge on any atom is -0.369 e. The van der Waals surface area contributed by atoms with Gasteiger partial charge < -0.3 is 4.90 Å². The molecular weight excluding hydrogens is 403 g/mol. The van der Waals surface area contributed by atoms with Crippen LogP contribution in [-0.4, -0.2) is 38.9 Å². The molecule has 0 amide bonds. The molecule has 0 N–H and O–H groups in total. The van der Waals surface area contributed by atoms with Crippen LogP contribution in [0.25, 0.3) is 0 Å². The summed E-state index contributed by atoms with van der Waals surface area (Å²) in [5, 5.41) is 1.55. The van der Waals surface area contributed by atoms with E-state index < -0.39 is 10.0 Å². The summed E-state index contributed by atoms with van der Waals surface area (Å²) >= 11 is 18.0. The lowest BCUT2D eigenvalue weighted by Gasteiger charge is -2.35. The van der Waals surface area contributed by atoms with Crippen molar-refractivity contribution in [3.8, 4) is 0 Å². The second-order valence-corrected chi connectivity index (χ2v) is 9.06. The Morgan fingerprint density at radius 3 is 2.08 bits per heavy atom. The van der Waals surface area contributed by atoms with Crippen LogP contribution >= 0.6 is 34.8 Å². The number of halogens is 3. The van der Waals surface area contributed by atoms with Gasteiger partial charge in [0.25, 0.3) is 0 Å². The van der Waals surface area contributed by atoms with Crippen LogP contribution in [0.2, 0.25) is 15.1 Å². The van der Waals surface area contributed by atoms with Crippen LogP contribution in [0.3, 0.4) is 0 Å². The summed E-state index contributed by atoms with van der Waals surface area (Å²) in [5.74, 6) is 0. The lowest BCUT2D eigenvalue weighted by molar-refractivity contribution is 0.385. The fourth-order valence-corrected chi connectivity index (χ4v) is 4.71. The average molecular weight is 420 g/mol. The van der Waals surface area contributed by atoms with Crippen molar-refractivity contribution in [2.24, 2.45) is 0 Å². The molecule has 2 aromatic rings. The van der Waals surface area contributed by atoms with Crippen LogP contribution in [0.1, 0.15) is 5.56 Å². The number of hydrogen-bond acceptors (Lipinski definition) is 3. The van der Waals surface area contributed by atoms with Crippen LogP contribution in [0, 0.1) is 6.92 Å². The van der Waals surface area contributed by atoms with E-state index in [4.69, 9.17) is 34.8 Å². The summed E-state index contributed by atoms with van der Waals surface area (Å²) in [5.41, 5.74) is 1.69. The number of hydrogen-bond donors (Lipinski definition) is 0. The standard InChI is InChI=1S/C17H17Cl3N2O2S/c1-12-10-14(3-5-15(12)18)25(23,24)22-8-6-21(7-9-22)13-2-4-16(19)17(20)11-13/h2-5,10-11H,6-9H2,1H3. The molecule has 0 atom stereocenters. The normalized spacial score (nSPS) is 16.2. The molecule has 8 heteroatoms. The number of benzene rings is 2. The monoisotopic (exact) mass is 418 g/mol. The largest absolute Gasteiger partial charge is 0.369 e. The van der Waals surface area contributed by atoms with Gasteiger partial charge in [-0.05, 0) is 48.9 Å². The Hall–Kier alpha value is -0.980. The van der Waals surface area contributed by atoms with Crippen LogP contribution in [-0.2, 0) is 10.0 Å². The Kier molecular flexibility index (Phi) is 5.51. The van der Waals surface area contributed by atoms with Crippen molar-refractivity contribution in [1.82, 2.24) is 4.31 Å². The molecule has 4 nitrogen and oxygen atoms in total. The fourth-order valence-electron chi connectivity index (χ4n) is 2.80. The van der Waals surface area contributed by atoms with Crippen LogP contribution in [0.4, 0.5) is 5.69 Å². The molecule has 0 saturated carbocycles. The Morgan fingerprint density at radius 1 is 0.840 bits per heavy atom. The van der Waals surface area contributed by atoms with Gasteiger partial charge in [0, 0.05) is 36.9 Å². The van der Waals surface area contributed by atoms with Crippen LogP contribution in [0.5, 0.6) is 0 Å². The Bertz CT molecular complexity index is 895. The van der Waals surface area contributed by atoms with Gasteiger partial charge in [-0.1, -0.05) is 34.8 Å². The predicted octanol–water partition coefficient (Wildman–Crippen LogP) is 4.47. The van der Waals surface area contributed by atoms with Crippen molar-refractivity contribution in [2.45, 2.75) is 11.8 Å². The predicted molar refractivity (Wildman–Crippen MR) is 104 cm³/mol. The lowest BCUT2D eigenvalue weighted by Crippen LogP contribution is -2.48. The number of aryl methyl sites for hydroxylation is 1. The molecule has 0 aromatic heterocycles. The summed E-state index contributed by atoms with van der Waals surface area (Å²) in [7, 11) is -3.52. The number of nitrogens with zero attached hydrogens (tertiary/aromatic N) is 2. The van der Waals surface area contributed by atoms with Gasteiger partial charge in [0.05, 0.1) is 14.9 Å². The second kappa shape index (κ2) is 7.33. The molecule has 1 heterocycles. The second-order valence-electron chi connectivity index (χ2n) is 5.90. The average Bonchev–Trinajstić information content (AvgIpc) is 2.60. The summed E-state index contributed by atoms with van der Waals surface area (Å²) in [6, 6.07) is 10.2. The van der Waals surface area contributed by atoms with Gasteiger partial charge in [-0.2, -0.15) is 4.31 Å². The fraction of sp³-hybridized carbons (Fsp3) is 0.294. The van der Waals surface area contributed by atoms with Crippen LogP contribution in [0.15, 0.2) is 41.3 Å². The Balaban J connectivity index is 1.74. The van der Waals surface area contributed by atoms with Crippen molar-refractivity contribution in [3.05, 3.63) is 57.0 Å². The number of piperazine rings is 1. The molecule has 2 aromatic carbocycles. The van der Waals surface area contributed by atoms with E-state index in [1.54, 1.807) is 37.3 Å². The zero-order valence-corrected chi connectivity index (χ0v) is 16.6. The van der Waals surface area contributed by atoms with Gasteiger partial charge in [-0.25, -0.2) is 8.42 Å². The molecule has 1 fully saturated rings. The molecule has 0 bridgehead atoms. The number of rotatable bonds is 3. The van der Waals surface area contributed by atoms with Gasteiger partial charge in [0.2, 0.25) is 10.0 Å². The molecule has 0 unspecified atom stereocenters. The molecular formula is C17H17Cl3N2O2S. The van der Waals surface area contributed by atoms with Crippen LogP contribution < -0.4 is 4.90 Å². The SMILES string of the molecule is Cc1cc(S(=O)(=O)N2CCN(c3ccc(Cl)c(Cl)c3)CC2)ccc1Cl. The lowest BCUT2D eigenvalue weighted by atomic mass is 10.2. The molecule has 1 saturated heterocycles. The third-order valence-corrected chi connectivity index (χ3v) is 7.33. The van der Waals surface area contributed by atoms with Gasteiger partial charge in [-0.15, -0.1) is 0 Å². The van der Waals surface area contributed by atoms with Crippen molar-refractivity contribution < 1.29 is 8.42 Å². The number of sulfonamides is 1. The quantitative estimate of drug-likeness (QED) is 0.737. The third kappa shape index (κ3) is 3.91. The first-order valence-electron chi connectivity index (χ1n) is 7.75. The topological polar surface area (TPSA) is 40.6 Å². The van der Waals surface area contributed by atoms with Gasteiger partial charge in [0.15, 0.2) is 0 Å². The van der Waals surface area contributed by atoms with Crippen molar-refractivity contribution >= 4 is 50.5 Å². The van der Waals surface area contributed by atoms with Gasteiger partial charge >= 0.3 is 0 Å². The molecule has 25 heavy (non-hydrogen) atoms. The maximum atomic E-state index is 12.8. The first-order valence-corrected chi connectivity index (χ1v) is 10.3. The maximum Gasteiger partial charge on any atom is 0.243 e. The molecule has 0 radical (unpaired) electrons. The Labute approximate surface area is 162 Å². The van der Waals surface area contributed by atoms with Gasteiger partial charge in [-0.3, -0.25) is 0 Å². The smallest absolute Gasteiger partial charge is 0.243 e. The summed E-state index contributed by atoms with van der Waals surface area (Å²) in [4.78, 5) is 2.37. The zero-order chi connectivity index (χ0) is 18.2. The highest BCUT2D eigenvalue weighted by Crippen LogP contribution is 2.29. The molecule has 1 aliphatic rings. The van der Waals surface area contributed by atoms with E-state index >= 15 is 0 Å². The zero-order valence-electron chi connectivity index (χ0n) is 13.5. The summed E-state index contributed by atoms with van der Waals surface area (Å²) in [6.07, 6.45) is 0. The molecule has 134 valence electrons. The third-order valence-electron chi connectivity index (χ3n) is 4.27. The van der Waals surface area contributed by atoms with E-state index in [2.05, 4.69) is 4.90 Å². The van der Waals surface area contributed by atoms with E-state index in [1.807, 2.05) is 6.07 Å². The highest BCUT2D eigenvalue weighted by Gasteiger charge is 2.29. The maximum absolute atomic E-state index is 12.8. The van der Waals surface area contributed by atoms with E-state index in [1.165, 1.54) is 4.31 Å². The first-order chi connectivity index (χ1) is 11.8. The molecule has 1 aliphatic heterocycles. The molecule has 0 aliphatic carbocycles. The minimum atomic E-state index is -3.52. The van der Waals surface area contributed by atoms with Crippen molar-refractivity contribution in [1.29, 1.82) is 0 Å². The highest BCUT2D eigenvalue weighted by atomic mass is 35.5. The minimum absolute atomic E-state index is 0.275. The summed E-state index contributed by atoms with van der Waals surface area (Å²) < 4.78 is 27.1. The molecule has 0 spiro atoms. The van der Waals surface area contributed by atoms with E-state index in [0.717, 1.165) is 11.3 Å². The first kappa shape index (κ1) is 18.8. The van der Waals surface area contributed by atoms with E-state index in [9.17, 15) is 8.42 Å². The van der Waals surface area contributed by atoms with Gasteiger partial charge in [0.1, 0.15) is 0 Å². The Morgan fingerprint density at radius 2 is 1.48 bits per heavy atom. The number of anilines is 1. The van der Waals surface area contributed by atoms with Crippen molar-refractivity contribution in [2.75, 3.05) is 31.1 Å². The molecule has 3 rings (SSSR count). The van der Waals surface area contributed by atoms with Crippen molar-refractivity contribution in [3.63, 3.8) is 0 Å². The van der Waals surface area contributed by atoms with E-state index in [0.29, 0.717) is 41.2 Å².